The predicted molar refractivity (Wildman–Crippen MR) is 79.0 cm³/mol. The molecule has 1 rings (SSSR count). The van der Waals surface area contributed by atoms with Crippen LogP contribution in [0.1, 0.15) is 26.2 Å². The Morgan fingerprint density at radius 3 is 2.47 bits per heavy atom. The smallest absolute Gasteiger partial charge is 0.235 e. The molecular formula is C13H21N3O2S. The van der Waals surface area contributed by atoms with Crippen molar-refractivity contribution in [2.24, 2.45) is 5.73 Å². The van der Waals surface area contributed by atoms with Gasteiger partial charge in [0, 0.05) is 13.0 Å². The van der Waals surface area contributed by atoms with Crippen molar-refractivity contribution in [2.45, 2.75) is 26.2 Å². The molecule has 0 radical (unpaired) electrons. The van der Waals surface area contributed by atoms with Gasteiger partial charge in [-0.25, -0.2) is 8.42 Å². The van der Waals surface area contributed by atoms with E-state index in [0.717, 1.165) is 6.42 Å². The molecular weight excluding hydrogens is 262 g/mol. The Hall–Kier alpha value is -1.56. The van der Waals surface area contributed by atoms with Crippen molar-refractivity contribution in [3.05, 3.63) is 30.3 Å². The van der Waals surface area contributed by atoms with E-state index < -0.39 is 10.0 Å². The minimum Gasteiger partial charge on any atom is -0.388 e. The molecule has 0 saturated carbocycles. The first kappa shape index (κ1) is 15.5. The first-order chi connectivity index (χ1) is 8.97. The van der Waals surface area contributed by atoms with Gasteiger partial charge < -0.3 is 5.73 Å². The van der Waals surface area contributed by atoms with Crippen molar-refractivity contribution in [1.82, 2.24) is 0 Å². The van der Waals surface area contributed by atoms with Gasteiger partial charge in [0.25, 0.3) is 0 Å². The third-order valence-electron chi connectivity index (χ3n) is 2.72. The second-order valence-corrected chi connectivity index (χ2v) is 6.37. The van der Waals surface area contributed by atoms with E-state index in [1.165, 1.54) is 4.31 Å². The molecule has 5 nitrogen and oxygen atoms in total. The Morgan fingerprint density at radius 1 is 1.32 bits per heavy atom. The van der Waals surface area contributed by atoms with Crippen LogP contribution in [0.2, 0.25) is 0 Å². The van der Waals surface area contributed by atoms with Gasteiger partial charge in [-0.05, 0) is 18.6 Å². The third-order valence-corrected chi connectivity index (χ3v) is 4.59. The van der Waals surface area contributed by atoms with Gasteiger partial charge in [0.2, 0.25) is 10.0 Å². The van der Waals surface area contributed by atoms with E-state index in [1.54, 1.807) is 24.3 Å². The Kier molecular flexibility index (Phi) is 5.82. The molecule has 0 bridgehead atoms. The van der Waals surface area contributed by atoms with E-state index in [2.05, 4.69) is 0 Å². The molecule has 0 spiro atoms. The minimum atomic E-state index is -3.35. The number of nitrogens with one attached hydrogen (secondary N) is 1. The van der Waals surface area contributed by atoms with Gasteiger partial charge in [0.1, 0.15) is 0 Å². The van der Waals surface area contributed by atoms with Crippen molar-refractivity contribution in [1.29, 1.82) is 5.41 Å². The zero-order valence-corrected chi connectivity index (χ0v) is 12.0. The van der Waals surface area contributed by atoms with Crippen molar-refractivity contribution in [2.75, 3.05) is 16.6 Å². The summed E-state index contributed by atoms with van der Waals surface area (Å²) in [5.74, 6) is 0.114. The van der Waals surface area contributed by atoms with Crippen LogP contribution in [0.4, 0.5) is 5.69 Å². The highest BCUT2D eigenvalue weighted by molar-refractivity contribution is 7.92. The summed E-state index contributed by atoms with van der Waals surface area (Å²) in [6.45, 7) is 2.17. The highest BCUT2D eigenvalue weighted by atomic mass is 32.2. The number of sulfonamides is 1. The number of unbranched alkanes of at least 4 members (excludes halogenated alkanes) is 1. The van der Waals surface area contributed by atoms with Gasteiger partial charge in [-0.15, -0.1) is 0 Å². The Balaban J connectivity index is 2.95. The Bertz CT molecular complexity index is 500. The van der Waals surface area contributed by atoms with Crippen LogP contribution in [-0.4, -0.2) is 26.6 Å². The molecule has 0 fully saturated rings. The number of nitrogens with zero attached hydrogens (tertiary/aromatic N) is 1. The van der Waals surface area contributed by atoms with Crippen molar-refractivity contribution >= 4 is 21.5 Å². The summed E-state index contributed by atoms with van der Waals surface area (Å²) in [6, 6.07) is 8.94. The first-order valence-electron chi connectivity index (χ1n) is 6.35. The molecule has 0 aliphatic heterocycles. The molecule has 19 heavy (non-hydrogen) atoms. The topological polar surface area (TPSA) is 87.2 Å². The fourth-order valence-corrected chi connectivity index (χ4v) is 3.37. The molecule has 6 heteroatoms. The molecule has 3 N–H and O–H groups in total. The van der Waals surface area contributed by atoms with E-state index in [-0.39, 0.29) is 24.6 Å². The molecule has 0 aromatic heterocycles. The SMILES string of the molecule is CCCCS(=O)(=O)N(CCC(=N)N)c1ccccc1. The number of para-hydroxylation sites is 1. The van der Waals surface area contributed by atoms with Gasteiger partial charge in [-0.3, -0.25) is 9.71 Å². The lowest BCUT2D eigenvalue weighted by Gasteiger charge is -2.24. The molecule has 1 aromatic rings. The fourth-order valence-electron chi connectivity index (χ4n) is 1.68. The quantitative estimate of drug-likeness (QED) is 0.564. The van der Waals surface area contributed by atoms with Crippen LogP contribution in [0.15, 0.2) is 30.3 Å². The number of rotatable bonds is 8. The molecule has 0 amide bonds. The molecule has 106 valence electrons. The van der Waals surface area contributed by atoms with Crippen LogP contribution in [0, 0.1) is 5.41 Å². The number of amidine groups is 1. The summed E-state index contributed by atoms with van der Waals surface area (Å²) in [5, 5.41) is 7.25. The molecule has 0 atom stereocenters. The third kappa shape index (κ3) is 4.90. The van der Waals surface area contributed by atoms with Crippen LogP contribution < -0.4 is 10.0 Å². The van der Waals surface area contributed by atoms with Crippen LogP contribution in [0.3, 0.4) is 0 Å². The molecule has 0 heterocycles. The highest BCUT2D eigenvalue weighted by Gasteiger charge is 2.21. The van der Waals surface area contributed by atoms with Gasteiger partial charge in [-0.1, -0.05) is 31.5 Å². The normalized spacial score (nSPS) is 11.2. The zero-order chi connectivity index (χ0) is 14.3. The van der Waals surface area contributed by atoms with E-state index in [4.69, 9.17) is 11.1 Å². The molecule has 1 aromatic carbocycles. The lowest BCUT2D eigenvalue weighted by Crippen LogP contribution is -2.35. The number of nitrogens with two attached hydrogens (primary N) is 1. The average molecular weight is 283 g/mol. The highest BCUT2D eigenvalue weighted by Crippen LogP contribution is 2.19. The molecule has 0 saturated heterocycles. The maximum Gasteiger partial charge on any atom is 0.235 e. The van der Waals surface area contributed by atoms with Crippen LogP contribution in [0.5, 0.6) is 0 Å². The summed E-state index contributed by atoms with van der Waals surface area (Å²) < 4.78 is 26.0. The summed E-state index contributed by atoms with van der Waals surface area (Å²) >= 11 is 0. The summed E-state index contributed by atoms with van der Waals surface area (Å²) in [4.78, 5) is 0. The monoisotopic (exact) mass is 283 g/mol. The van der Waals surface area contributed by atoms with Crippen molar-refractivity contribution in [3.8, 4) is 0 Å². The minimum absolute atomic E-state index is 0.00776. The Labute approximate surface area is 115 Å². The molecule has 0 unspecified atom stereocenters. The average Bonchev–Trinajstić information content (AvgIpc) is 2.37. The number of anilines is 1. The van der Waals surface area contributed by atoms with E-state index in [9.17, 15) is 8.42 Å². The number of benzene rings is 1. The van der Waals surface area contributed by atoms with Crippen molar-refractivity contribution in [3.63, 3.8) is 0 Å². The lowest BCUT2D eigenvalue weighted by atomic mass is 10.3. The van der Waals surface area contributed by atoms with Gasteiger partial charge >= 0.3 is 0 Å². The molecule has 0 aliphatic rings. The second kappa shape index (κ2) is 7.13. The van der Waals surface area contributed by atoms with Gasteiger partial charge in [0.15, 0.2) is 0 Å². The largest absolute Gasteiger partial charge is 0.388 e. The standard InChI is InChI=1S/C13H21N3O2S/c1-2-3-11-19(17,18)16(10-9-13(14)15)12-7-5-4-6-8-12/h4-8H,2-3,9-11H2,1H3,(H3,14,15). The van der Waals surface area contributed by atoms with Gasteiger partial charge in [0.05, 0.1) is 17.3 Å². The second-order valence-electron chi connectivity index (χ2n) is 4.35. The fraction of sp³-hybridized carbons (Fsp3) is 0.462. The summed E-state index contributed by atoms with van der Waals surface area (Å²) in [7, 11) is -3.35. The first-order valence-corrected chi connectivity index (χ1v) is 7.96. The number of hydrogen-bond donors (Lipinski definition) is 2. The maximum absolute atomic E-state index is 12.3. The van der Waals surface area contributed by atoms with Crippen LogP contribution in [-0.2, 0) is 10.0 Å². The summed E-state index contributed by atoms with van der Waals surface area (Å²) in [6.07, 6.45) is 1.69. The maximum atomic E-state index is 12.3. The number of hydrogen-bond acceptors (Lipinski definition) is 3. The van der Waals surface area contributed by atoms with E-state index >= 15 is 0 Å². The van der Waals surface area contributed by atoms with E-state index in [0.29, 0.717) is 12.1 Å². The lowest BCUT2D eigenvalue weighted by molar-refractivity contribution is 0.588. The van der Waals surface area contributed by atoms with Crippen LogP contribution >= 0.6 is 0 Å². The Morgan fingerprint density at radius 2 is 1.95 bits per heavy atom. The summed E-state index contributed by atoms with van der Waals surface area (Å²) in [5.41, 5.74) is 5.95. The van der Waals surface area contributed by atoms with Crippen molar-refractivity contribution < 1.29 is 8.42 Å². The zero-order valence-electron chi connectivity index (χ0n) is 11.2. The van der Waals surface area contributed by atoms with Gasteiger partial charge in [-0.2, -0.15) is 0 Å². The predicted octanol–water partition coefficient (Wildman–Crippen LogP) is 1.95. The molecule has 0 aliphatic carbocycles. The van der Waals surface area contributed by atoms with Crippen LogP contribution in [0.25, 0.3) is 0 Å². The van der Waals surface area contributed by atoms with E-state index in [1.807, 2.05) is 13.0 Å².